The molecule has 0 aliphatic carbocycles. The van der Waals surface area contributed by atoms with Crippen LogP contribution in [-0.4, -0.2) is 51.6 Å². The smallest absolute Gasteiger partial charge is 0.184 e. The molecule has 4 atom stereocenters. The molecule has 0 amide bonds. The Hall–Kier alpha value is -0.200. The lowest BCUT2D eigenvalue weighted by molar-refractivity contribution is -0.132. The molecule has 0 saturated carbocycles. The Labute approximate surface area is 58.9 Å². The van der Waals surface area contributed by atoms with E-state index in [0.717, 1.165) is 0 Å². The van der Waals surface area contributed by atoms with E-state index in [0.29, 0.717) is 0 Å². The normalized spacial score (nSPS) is 56.8. The van der Waals surface area contributed by atoms with Crippen LogP contribution in [-0.2, 0) is 4.74 Å². The maximum Gasteiger partial charge on any atom is 0.184 e. The molecule has 1 aliphatic heterocycles. The van der Waals surface area contributed by atoms with Gasteiger partial charge in [-0.05, 0) is 0 Å². The van der Waals surface area contributed by atoms with Crippen molar-refractivity contribution in [3.63, 3.8) is 0 Å². The minimum absolute atomic E-state index is 0.542. The second kappa shape index (κ2) is 2.81. The van der Waals surface area contributed by atoms with Crippen LogP contribution in [0.4, 0.5) is 0 Å². The fourth-order valence-electron chi connectivity index (χ4n) is 0.789. The minimum Gasteiger partial charge on any atom is -0.394 e. The lowest BCUT2D eigenvalue weighted by Crippen LogP contribution is -2.33. The Morgan fingerprint density at radius 3 is 2.10 bits per heavy atom. The van der Waals surface area contributed by atoms with E-state index in [1.54, 1.807) is 0 Å². The van der Waals surface area contributed by atoms with Crippen molar-refractivity contribution in [3.05, 3.63) is 0 Å². The molecule has 0 aromatic rings. The van der Waals surface area contributed by atoms with E-state index in [1.165, 1.54) is 0 Å². The summed E-state index contributed by atoms with van der Waals surface area (Å²) in [5, 5.41) is 35.2. The number of aliphatic hydroxyl groups excluding tert-OH is 3. The molecule has 1 saturated heterocycles. The second-order valence-electron chi connectivity index (χ2n) is 2.11. The topological polar surface area (TPSA) is 90.2 Å². The monoisotopic (exact) mass is 151 g/mol. The fraction of sp³-hybridized carbons (Fsp3) is 1.00. The molecule has 1 rings (SSSR count). The van der Waals surface area contributed by atoms with E-state index in [1.807, 2.05) is 0 Å². The van der Waals surface area contributed by atoms with Crippen molar-refractivity contribution in [3.8, 4) is 0 Å². The summed E-state index contributed by atoms with van der Waals surface area (Å²) in [6.07, 6.45) is -6.71. The van der Waals surface area contributed by atoms with Crippen molar-refractivity contribution in [2.24, 2.45) is 0 Å². The molecule has 10 heavy (non-hydrogen) atoms. The lowest BCUT2D eigenvalue weighted by Gasteiger charge is -2.09. The minimum atomic E-state index is -2.51. The summed E-state index contributed by atoms with van der Waals surface area (Å²) in [7, 11) is 0. The molecular formula is C5H10O5. The molecule has 1 fully saturated rings. The zero-order valence-electron chi connectivity index (χ0n) is 6.14. The molecule has 0 aromatic carbocycles. The molecule has 0 aromatic heterocycles. The summed E-state index contributed by atoms with van der Waals surface area (Å²) >= 11 is 0. The molecule has 0 spiro atoms. The van der Waals surface area contributed by atoms with E-state index < -0.39 is 31.2 Å². The van der Waals surface area contributed by atoms with Gasteiger partial charge in [0.05, 0.1) is 7.98 Å². The fourth-order valence-corrected chi connectivity index (χ4v) is 0.789. The SMILES string of the molecule is [2H]C1(O)O[C@H](CO)[C@@H](O)[C@H]1O. The van der Waals surface area contributed by atoms with Crippen LogP contribution in [0, 0.1) is 0 Å². The Morgan fingerprint density at radius 2 is 1.90 bits per heavy atom. The predicted molar refractivity (Wildman–Crippen MR) is 30.0 cm³/mol. The molecule has 5 heteroatoms. The average molecular weight is 151 g/mol. The van der Waals surface area contributed by atoms with E-state index in [-0.39, 0.29) is 0 Å². The highest BCUT2D eigenvalue weighted by Crippen LogP contribution is 2.18. The first-order chi connectivity index (χ1) is 4.99. The molecule has 1 heterocycles. The Kier molecular flexibility index (Phi) is 1.83. The maximum atomic E-state index is 8.98. The van der Waals surface area contributed by atoms with Crippen LogP contribution in [0.25, 0.3) is 0 Å². The number of hydrogen-bond acceptors (Lipinski definition) is 5. The second-order valence-corrected chi connectivity index (χ2v) is 2.11. The molecular weight excluding hydrogens is 140 g/mol. The van der Waals surface area contributed by atoms with Crippen LogP contribution in [0.1, 0.15) is 1.37 Å². The van der Waals surface area contributed by atoms with E-state index in [9.17, 15) is 0 Å². The van der Waals surface area contributed by atoms with Gasteiger partial charge in [-0.1, -0.05) is 0 Å². The Morgan fingerprint density at radius 1 is 1.30 bits per heavy atom. The third-order valence-electron chi connectivity index (χ3n) is 1.41. The number of hydrogen-bond donors (Lipinski definition) is 4. The highest BCUT2D eigenvalue weighted by atomic mass is 16.6. The first-order valence-electron chi connectivity index (χ1n) is 3.36. The van der Waals surface area contributed by atoms with Crippen molar-refractivity contribution < 1.29 is 26.5 Å². The van der Waals surface area contributed by atoms with Gasteiger partial charge in [-0.3, -0.25) is 0 Å². The number of rotatable bonds is 1. The van der Waals surface area contributed by atoms with Crippen molar-refractivity contribution in [1.29, 1.82) is 0 Å². The van der Waals surface area contributed by atoms with E-state index >= 15 is 0 Å². The summed E-state index contributed by atoms with van der Waals surface area (Å²) in [5.41, 5.74) is 0. The van der Waals surface area contributed by atoms with Crippen molar-refractivity contribution >= 4 is 0 Å². The Bertz CT molecular complexity index is 150. The third-order valence-corrected chi connectivity index (χ3v) is 1.41. The van der Waals surface area contributed by atoms with Crippen LogP contribution in [0.3, 0.4) is 0 Å². The van der Waals surface area contributed by atoms with Crippen LogP contribution < -0.4 is 0 Å². The quantitative estimate of drug-likeness (QED) is 0.330. The van der Waals surface area contributed by atoms with Gasteiger partial charge < -0.3 is 25.2 Å². The van der Waals surface area contributed by atoms with Gasteiger partial charge in [-0.2, -0.15) is 0 Å². The van der Waals surface area contributed by atoms with Gasteiger partial charge in [0, 0.05) is 0 Å². The molecule has 60 valence electrons. The molecule has 1 unspecified atom stereocenters. The summed E-state index contributed by atoms with van der Waals surface area (Å²) in [5.74, 6) is 0. The number of ether oxygens (including phenoxy) is 1. The van der Waals surface area contributed by atoms with E-state index in [2.05, 4.69) is 4.74 Å². The summed E-state index contributed by atoms with van der Waals surface area (Å²) < 4.78 is 11.3. The largest absolute Gasteiger partial charge is 0.394 e. The first-order valence-corrected chi connectivity index (χ1v) is 2.86. The van der Waals surface area contributed by atoms with Gasteiger partial charge in [-0.15, -0.1) is 0 Å². The van der Waals surface area contributed by atoms with Gasteiger partial charge in [0.1, 0.15) is 18.3 Å². The number of aliphatic hydroxyl groups is 4. The highest BCUT2D eigenvalue weighted by molar-refractivity contribution is 4.84. The molecule has 0 radical (unpaired) electrons. The van der Waals surface area contributed by atoms with E-state index in [4.69, 9.17) is 21.8 Å². The predicted octanol–water partition coefficient (Wildman–Crippen LogP) is -2.58. The van der Waals surface area contributed by atoms with Crippen molar-refractivity contribution in [2.75, 3.05) is 6.61 Å². The van der Waals surface area contributed by atoms with Crippen LogP contribution in [0.2, 0.25) is 0 Å². The van der Waals surface area contributed by atoms with Gasteiger partial charge in [0.25, 0.3) is 0 Å². The lowest BCUT2D eigenvalue weighted by atomic mass is 10.1. The van der Waals surface area contributed by atoms with Crippen molar-refractivity contribution in [1.82, 2.24) is 0 Å². The average Bonchev–Trinajstić information content (AvgIpc) is 2.13. The van der Waals surface area contributed by atoms with Crippen molar-refractivity contribution in [2.45, 2.75) is 24.6 Å². The van der Waals surface area contributed by atoms with Crippen LogP contribution in [0.5, 0.6) is 0 Å². The highest BCUT2D eigenvalue weighted by Gasteiger charge is 2.41. The summed E-state index contributed by atoms with van der Waals surface area (Å²) in [4.78, 5) is 0. The zero-order chi connectivity index (χ0) is 8.65. The summed E-state index contributed by atoms with van der Waals surface area (Å²) in [6, 6.07) is 0. The molecule has 1 aliphatic rings. The van der Waals surface area contributed by atoms with Crippen LogP contribution in [0.15, 0.2) is 0 Å². The van der Waals surface area contributed by atoms with Gasteiger partial charge in [-0.25, -0.2) is 0 Å². The Balaban J connectivity index is 2.69. The maximum absolute atomic E-state index is 8.98. The molecule has 5 nitrogen and oxygen atoms in total. The zero-order valence-corrected chi connectivity index (χ0v) is 5.14. The van der Waals surface area contributed by atoms with Crippen LogP contribution >= 0.6 is 0 Å². The first kappa shape index (κ1) is 6.51. The molecule has 4 N–H and O–H groups in total. The van der Waals surface area contributed by atoms with Gasteiger partial charge in [0.15, 0.2) is 6.27 Å². The van der Waals surface area contributed by atoms with Gasteiger partial charge >= 0.3 is 0 Å². The standard InChI is InChI=1S/C5H10O5/c6-1-2-3(7)4(8)5(9)10-2/h2-9H,1H2/t2-,3-,4-,5?/m1/s1/i5D. The van der Waals surface area contributed by atoms with Gasteiger partial charge in [0.2, 0.25) is 0 Å². The third kappa shape index (κ3) is 1.14. The molecule has 0 bridgehead atoms. The summed E-state index contributed by atoms with van der Waals surface area (Å²) in [6.45, 7) is -0.542.